The molecule has 1 aromatic heterocycles. The van der Waals surface area contributed by atoms with E-state index in [0.29, 0.717) is 5.88 Å². The van der Waals surface area contributed by atoms with Gasteiger partial charge in [-0.3, -0.25) is 0 Å². The minimum absolute atomic E-state index is 0.679. The Labute approximate surface area is 65.4 Å². The molecule has 0 saturated carbocycles. The fraction of sp³-hybridized carbons (Fsp3) is 0.375. The summed E-state index contributed by atoms with van der Waals surface area (Å²) in [5.74, 6) is 1.66. The van der Waals surface area contributed by atoms with E-state index in [-0.39, 0.29) is 0 Å². The first kappa shape index (κ1) is 6.46. The van der Waals surface area contributed by atoms with E-state index >= 15 is 0 Å². The van der Waals surface area contributed by atoms with E-state index < -0.39 is 0 Å². The van der Waals surface area contributed by atoms with Gasteiger partial charge in [0.05, 0.1) is 7.11 Å². The van der Waals surface area contributed by atoms with Crippen molar-refractivity contribution in [3.8, 4) is 5.88 Å². The quantitative estimate of drug-likeness (QED) is 0.650. The maximum atomic E-state index is 4.99. The molecule has 0 spiro atoms. The highest BCUT2D eigenvalue weighted by atomic mass is 16.5. The highest BCUT2D eigenvalue weighted by Gasteiger charge is 2.10. The molecule has 1 N–H and O–H groups in total. The molecule has 2 heterocycles. The van der Waals surface area contributed by atoms with Crippen LogP contribution in [0.4, 0.5) is 5.82 Å². The molecule has 11 heavy (non-hydrogen) atoms. The van der Waals surface area contributed by atoms with Crippen LogP contribution in [0.15, 0.2) is 12.1 Å². The summed E-state index contributed by atoms with van der Waals surface area (Å²) >= 11 is 0. The van der Waals surface area contributed by atoms with E-state index in [1.54, 1.807) is 7.11 Å². The maximum Gasteiger partial charge on any atom is 0.214 e. The third kappa shape index (κ3) is 1.02. The number of pyridine rings is 1. The molecular formula is C8H10N2O. The second-order valence-corrected chi connectivity index (χ2v) is 2.54. The average molecular weight is 150 g/mol. The molecule has 1 aromatic rings. The summed E-state index contributed by atoms with van der Waals surface area (Å²) in [7, 11) is 1.63. The number of hydrogen-bond acceptors (Lipinski definition) is 3. The maximum absolute atomic E-state index is 4.99. The number of methoxy groups -OCH3 is 1. The zero-order valence-corrected chi connectivity index (χ0v) is 6.42. The van der Waals surface area contributed by atoms with Crippen LogP contribution in [0, 0.1) is 0 Å². The zero-order valence-electron chi connectivity index (χ0n) is 6.42. The molecule has 0 saturated heterocycles. The van der Waals surface area contributed by atoms with Gasteiger partial charge < -0.3 is 10.1 Å². The summed E-state index contributed by atoms with van der Waals surface area (Å²) in [6.45, 7) is 0.996. The largest absolute Gasteiger partial charge is 0.481 e. The first-order valence-corrected chi connectivity index (χ1v) is 3.68. The summed E-state index contributed by atoms with van der Waals surface area (Å²) in [4.78, 5) is 4.24. The molecule has 2 rings (SSSR count). The summed E-state index contributed by atoms with van der Waals surface area (Å²) in [6, 6.07) is 3.95. The molecule has 58 valence electrons. The summed E-state index contributed by atoms with van der Waals surface area (Å²) in [5, 5.41) is 3.18. The summed E-state index contributed by atoms with van der Waals surface area (Å²) in [5.41, 5.74) is 1.28. The van der Waals surface area contributed by atoms with E-state index in [0.717, 1.165) is 18.8 Å². The number of fused-ring (bicyclic) bond motifs is 1. The van der Waals surface area contributed by atoms with Crippen molar-refractivity contribution in [2.45, 2.75) is 6.42 Å². The van der Waals surface area contributed by atoms with Crippen LogP contribution in [0.1, 0.15) is 5.56 Å². The van der Waals surface area contributed by atoms with Crippen LogP contribution < -0.4 is 10.1 Å². The van der Waals surface area contributed by atoms with Crippen LogP contribution in [-0.4, -0.2) is 18.6 Å². The Kier molecular flexibility index (Phi) is 1.42. The number of nitrogens with one attached hydrogen (secondary N) is 1. The van der Waals surface area contributed by atoms with Crippen molar-refractivity contribution in [1.29, 1.82) is 0 Å². The van der Waals surface area contributed by atoms with E-state index in [4.69, 9.17) is 4.74 Å². The highest BCUT2D eigenvalue weighted by Crippen LogP contribution is 2.21. The molecule has 0 aromatic carbocycles. The van der Waals surface area contributed by atoms with E-state index in [9.17, 15) is 0 Å². The molecule has 3 heteroatoms. The Bertz CT molecular complexity index is 273. The fourth-order valence-electron chi connectivity index (χ4n) is 1.25. The van der Waals surface area contributed by atoms with Crippen molar-refractivity contribution < 1.29 is 4.74 Å². The van der Waals surface area contributed by atoms with Gasteiger partial charge in [-0.2, -0.15) is 4.98 Å². The Morgan fingerprint density at radius 1 is 1.55 bits per heavy atom. The molecule has 0 bridgehead atoms. The standard InChI is InChI=1S/C8H10N2O/c1-11-7-3-2-6-4-5-9-8(6)10-7/h2-3H,4-5H2,1H3,(H,9,10). The molecule has 1 aliphatic heterocycles. The number of anilines is 1. The van der Waals surface area contributed by atoms with Gasteiger partial charge in [-0.05, 0) is 18.1 Å². The van der Waals surface area contributed by atoms with Crippen LogP contribution in [0.25, 0.3) is 0 Å². The number of aromatic nitrogens is 1. The molecule has 0 unspecified atom stereocenters. The van der Waals surface area contributed by atoms with Crippen LogP contribution in [0.3, 0.4) is 0 Å². The number of hydrogen-bond donors (Lipinski definition) is 1. The minimum Gasteiger partial charge on any atom is -0.481 e. The van der Waals surface area contributed by atoms with E-state index in [2.05, 4.69) is 16.4 Å². The number of ether oxygens (including phenoxy) is 1. The normalized spacial score (nSPS) is 13.9. The second kappa shape index (κ2) is 2.42. The molecule has 0 atom stereocenters. The van der Waals surface area contributed by atoms with Crippen molar-refractivity contribution >= 4 is 5.82 Å². The summed E-state index contributed by atoms with van der Waals surface area (Å²) in [6.07, 6.45) is 1.08. The Morgan fingerprint density at radius 2 is 2.45 bits per heavy atom. The van der Waals surface area contributed by atoms with Gasteiger partial charge in [0.2, 0.25) is 5.88 Å². The average Bonchev–Trinajstić information content (AvgIpc) is 2.50. The minimum atomic E-state index is 0.679. The van der Waals surface area contributed by atoms with Gasteiger partial charge >= 0.3 is 0 Å². The predicted octanol–water partition coefficient (Wildman–Crippen LogP) is 1.06. The van der Waals surface area contributed by atoms with Crippen LogP contribution in [0.2, 0.25) is 0 Å². The second-order valence-electron chi connectivity index (χ2n) is 2.54. The van der Waals surface area contributed by atoms with Gasteiger partial charge in [0.15, 0.2) is 0 Å². The monoisotopic (exact) mass is 150 g/mol. The van der Waals surface area contributed by atoms with Crippen molar-refractivity contribution in [1.82, 2.24) is 4.98 Å². The van der Waals surface area contributed by atoms with E-state index in [1.807, 2.05) is 6.07 Å². The number of rotatable bonds is 1. The van der Waals surface area contributed by atoms with Crippen molar-refractivity contribution in [2.75, 3.05) is 19.0 Å². The molecule has 3 nitrogen and oxygen atoms in total. The molecule has 0 amide bonds. The smallest absolute Gasteiger partial charge is 0.214 e. The lowest BCUT2D eigenvalue weighted by molar-refractivity contribution is 0.398. The van der Waals surface area contributed by atoms with Crippen LogP contribution in [0.5, 0.6) is 5.88 Å². The zero-order chi connectivity index (χ0) is 7.68. The van der Waals surface area contributed by atoms with Crippen molar-refractivity contribution in [3.63, 3.8) is 0 Å². The third-order valence-corrected chi connectivity index (χ3v) is 1.85. The lowest BCUT2D eigenvalue weighted by atomic mass is 10.2. The van der Waals surface area contributed by atoms with Gasteiger partial charge in [0, 0.05) is 12.6 Å². The van der Waals surface area contributed by atoms with Crippen LogP contribution >= 0.6 is 0 Å². The van der Waals surface area contributed by atoms with Gasteiger partial charge in [-0.25, -0.2) is 0 Å². The third-order valence-electron chi connectivity index (χ3n) is 1.85. The first-order chi connectivity index (χ1) is 5.40. The Balaban J connectivity index is 2.41. The van der Waals surface area contributed by atoms with Crippen molar-refractivity contribution in [2.24, 2.45) is 0 Å². The SMILES string of the molecule is COc1ccc2c(n1)NCC2. The predicted molar refractivity (Wildman–Crippen MR) is 43.0 cm³/mol. The Hall–Kier alpha value is -1.25. The van der Waals surface area contributed by atoms with Gasteiger partial charge in [-0.15, -0.1) is 0 Å². The lowest BCUT2D eigenvalue weighted by Gasteiger charge is -2.01. The van der Waals surface area contributed by atoms with Gasteiger partial charge in [-0.1, -0.05) is 0 Å². The molecular weight excluding hydrogens is 140 g/mol. The van der Waals surface area contributed by atoms with Gasteiger partial charge in [0.1, 0.15) is 5.82 Å². The first-order valence-electron chi connectivity index (χ1n) is 3.68. The molecule has 0 radical (unpaired) electrons. The number of nitrogens with zero attached hydrogens (tertiary/aromatic N) is 1. The Morgan fingerprint density at radius 3 is 3.27 bits per heavy atom. The molecule has 0 fully saturated rings. The lowest BCUT2D eigenvalue weighted by Crippen LogP contribution is -1.94. The fourth-order valence-corrected chi connectivity index (χ4v) is 1.25. The van der Waals surface area contributed by atoms with Crippen molar-refractivity contribution in [3.05, 3.63) is 17.7 Å². The highest BCUT2D eigenvalue weighted by molar-refractivity contribution is 5.50. The van der Waals surface area contributed by atoms with E-state index in [1.165, 1.54) is 5.56 Å². The summed E-state index contributed by atoms with van der Waals surface area (Å²) < 4.78 is 4.99. The molecule has 1 aliphatic rings. The topological polar surface area (TPSA) is 34.1 Å². The van der Waals surface area contributed by atoms with Crippen LogP contribution in [-0.2, 0) is 6.42 Å². The molecule has 0 aliphatic carbocycles. The van der Waals surface area contributed by atoms with Gasteiger partial charge in [0.25, 0.3) is 0 Å².